The number of anilines is 1. The topological polar surface area (TPSA) is 94.6 Å². The maximum Gasteiger partial charge on any atom is 0.306 e. The number of esters is 1. The molecule has 1 amide bonds. The molecule has 2 heterocycles. The summed E-state index contributed by atoms with van der Waals surface area (Å²) in [6.07, 6.45) is 2.13. The number of hydrogen-bond donors (Lipinski definition) is 1. The summed E-state index contributed by atoms with van der Waals surface area (Å²) in [6, 6.07) is 5.08. The van der Waals surface area contributed by atoms with Gasteiger partial charge in [0.2, 0.25) is 0 Å². The summed E-state index contributed by atoms with van der Waals surface area (Å²) in [5.74, 6) is 0.636. The molecule has 7 nitrogen and oxygen atoms in total. The Morgan fingerprint density at radius 2 is 2.30 bits per heavy atom. The molecule has 0 saturated carbocycles. The summed E-state index contributed by atoms with van der Waals surface area (Å²) in [5.41, 5.74) is 0. The minimum Gasteiger partial charge on any atom is -0.469 e. The molecule has 20 heavy (non-hydrogen) atoms. The van der Waals surface area contributed by atoms with E-state index in [0.717, 1.165) is 0 Å². The molecule has 0 aliphatic carbocycles. The van der Waals surface area contributed by atoms with Crippen LogP contribution in [-0.2, 0) is 20.7 Å². The molecule has 0 aromatic carbocycles. The molecule has 1 N–H and O–H groups in total. The zero-order chi connectivity index (χ0) is 14.4. The summed E-state index contributed by atoms with van der Waals surface area (Å²) in [5, 5.41) is 6.04. The number of rotatable bonds is 6. The Morgan fingerprint density at radius 1 is 1.45 bits per heavy atom. The molecular formula is C13H14N2O5. The Hall–Kier alpha value is -2.57. The molecule has 7 heteroatoms. The fourth-order valence-electron chi connectivity index (χ4n) is 1.50. The van der Waals surface area contributed by atoms with Crippen molar-refractivity contribution in [3.63, 3.8) is 0 Å². The molecule has 0 saturated heterocycles. The molecule has 0 radical (unpaired) electrons. The first kappa shape index (κ1) is 13.9. The van der Waals surface area contributed by atoms with Crippen molar-refractivity contribution in [1.82, 2.24) is 5.16 Å². The third-order valence-electron chi connectivity index (χ3n) is 2.42. The Kier molecular flexibility index (Phi) is 4.54. The number of aromatic nitrogens is 1. The second-order valence-corrected chi connectivity index (χ2v) is 4.11. The number of aryl methyl sites for hydroxylation is 2. The van der Waals surface area contributed by atoms with Crippen LogP contribution in [0, 0.1) is 6.92 Å². The van der Waals surface area contributed by atoms with Crippen LogP contribution in [0.15, 0.2) is 33.4 Å². The van der Waals surface area contributed by atoms with Gasteiger partial charge in [0.25, 0.3) is 5.91 Å². The van der Waals surface area contributed by atoms with Gasteiger partial charge < -0.3 is 19.0 Å². The van der Waals surface area contributed by atoms with E-state index < -0.39 is 11.9 Å². The van der Waals surface area contributed by atoms with Crippen molar-refractivity contribution in [2.75, 3.05) is 11.9 Å². The maximum atomic E-state index is 11.5. The van der Waals surface area contributed by atoms with Crippen LogP contribution < -0.4 is 5.32 Å². The molecule has 0 atom stereocenters. The highest BCUT2D eigenvalue weighted by Gasteiger charge is 2.10. The van der Waals surface area contributed by atoms with Crippen molar-refractivity contribution in [2.45, 2.75) is 19.8 Å². The number of ether oxygens (including phenoxy) is 1. The quantitative estimate of drug-likeness (QED) is 0.808. The number of amides is 1. The Labute approximate surface area is 114 Å². The Morgan fingerprint density at radius 3 is 2.95 bits per heavy atom. The number of furan rings is 1. The van der Waals surface area contributed by atoms with Gasteiger partial charge in [-0.05, 0) is 19.1 Å². The summed E-state index contributed by atoms with van der Waals surface area (Å²) in [6.45, 7) is 1.35. The highest BCUT2D eigenvalue weighted by molar-refractivity contribution is 5.91. The Balaban J connectivity index is 1.66. The van der Waals surface area contributed by atoms with Crippen LogP contribution in [0.25, 0.3) is 0 Å². The molecule has 106 valence electrons. The number of hydrogen-bond acceptors (Lipinski definition) is 6. The van der Waals surface area contributed by atoms with Gasteiger partial charge in [-0.25, -0.2) is 0 Å². The van der Waals surface area contributed by atoms with Crippen LogP contribution in [-0.4, -0.2) is 23.6 Å². The highest BCUT2D eigenvalue weighted by Crippen LogP contribution is 2.07. The Bertz CT molecular complexity index is 573. The summed E-state index contributed by atoms with van der Waals surface area (Å²) >= 11 is 0. The summed E-state index contributed by atoms with van der Waals surface area (Å²) in [7, 11) is 0. The van der Waals surface area contributed by atoms with Crippen molar-refractivity contribution in [1.29, 1.82) is 0 Å². The highest BCUT2D eigenvalue weighted by atomic mass is 16.5. The lowest BCUT2D eigenvalue weighted by atomic mass is 10.2. The fraction of sp³-hybridized carbons (Fsp3) is 0.308. The van der Waals surface area contributed by atoms with Crippen LogP contribution in [0.5, 0.6) is 0 Å². The van der Waals surface area contributed by atoms with E-state index in [9.17, 15) is 9.59 Å². The lowest BCUT2D eigenvalue weighted by Crippen LogP contribution is -2.21. The van der Waals surface area contributed by atoms with E-state index in [0.29, 0.717) is 23.8 Å². The van der Waals surface area contributed by atoms with Crippen LogP contribution in [0.3, 0.4) is 0 Å². The summed E-state index contributed by atoms with van der Waals surface area (Å²) in [4.78, 5) is 22.9. The third-order valence-corrected chi connectivity index (χ3v) is 2.42. The van der Waals surface area contributed by atoms with Gasteiger partial charge in [-0.15, -0.1) is 0 Å². The summed E-state index contributed by atoms with van der Waals surface area (Å²) < 4.78 is 14.7. The zero-order valence-electron chi connectivity index (χ0n) is 10.9. The van der Waals surface area contributed by atoms with E-state index in [-0.39, 0.29) is 13.0 Å². The molecule has 0 aliphatic heterocycles. The van der Waals surface area contributed by atoms with E-state index >= 15 is 0 Å². The second kappa shape index (κ2) is 6.55. The largest absolute Gasteiger partial charge is 0.469 e. The van der Waals surface area contributed by atoms with E-state index in [1.807, 2.05) is 0 Å². The van der Waals surface area contributed by atoms with E-state index in [4.69, 9.17) is 13.7 Å². The average Bonchev–Trinajstić information content (AvgIpc) is 3.06. The molecule has 0 bridgehead atoms. The SMILES string of the molecule is Cc1cc(NC(=O)COC(=O)CCc2ccco2)no1. The molecule has 0 aliphatic rings. The minimum atomic E-state index is -0.468. The predicted octanol–water partition coefficient (Wildman–Crippen LogP) is 1.69. The molecule has 0 unspecified atom stereocenters. The molecule has 0 fully saturated rings. The third kappa shape index (κ3) is 4.27. The van der Waals surface area contributed by atoms with E-state index in [1.54, 1.807) is 25.1 Å². The van der Waals surface area contributed by atoms with Gasteiger partial charge in [-0.3, -0.25) is 9.59 Å². The number of nitrogens with one attached hydrogen (secondary N) is 1. The van der Waals surface area contributed by atoms with Crippen LogP contribution in [0.2, 0.25) is 0 Å². The fourth-order valence-corrected chi connectivity index (χ4v) is 1.50. The predicted molar refractivity (Wildman–Crippen MR) is 67.9 cm³/mol. The smallest absolute Gasteiger partial charge is 0.306 e. The number of carbonyl (C=O) groups excluding carboxylic acids is 2. The number of carbonyl (C=O) groups is 2. The number of nitrogens with zero attached hydrogens (tertiary/aromatic N) is 1. The van der Waals surface area contributed by atoms with Crippen molar-refractivity contribution in [2.24, 2.45) is 0 Å². The first-order chi connectivity index (χ1) is 9.63. The monoisotopic (exact) mass is 278 g/mol. The molecule has 2 aromatic rings. The van der Waals surface area contributed by atoms with Crippen molar-refractivity contribution in [3.8, 4) is 0 Å². The molecule has 2 rings (SSSR count). The van der Waals surface area contributed by atoms with Crippen LogP contribution >= 0.6 is 0 Å². The standard InChI is InChI=1S/C13H14N2O5/c1-9-7-11(15-20-9)14-12(16)8-19-13(17)5-4-10-3-2-6-18-10/h2-3,6-7H,4-5,8H2,1H3,(H,14,15,16). The first-order valence-electron chi connectivity index (χ1n) is 6.04. The van der Waals surface area contributed by atoms with E-state index in [1.165, 1.54) is 6.26 Å². The van der Waals surface area contributed by atoms with Gasteiger partial charge in [0.15, 0.2) is 12.4 Å². The van der Waals surface area contributed by atoms with Gasteiger partial charge in [-0.2, -0.15) is 0 Å². The normalized spacial score (nSPS) is 10.2. The van der Waals surface area contributed by atoms with Gasteiger partial charge in [-0.1, -0.05) is 5.16 Å². The van der Waals surface area contributed by atoms with Gasteiger partial charge in [0.05, 0.1) is 12.7 Å². The van der Waals surface area contributed by atoms with Gasteiger partial charge >= 0.3 is 5.97 Å². The van der Waals surface area contributed by atoms with Gasteiger partial charge in [0.1, 0.15) is 11.5 Å². The first-order valence-corrected chi connectivity index (χ1v) is 6.04. The van der Waals surface area contributed by atoms with Crippen LogP contribution in [0.1, 0.15) is 17.9 Å². The van der Waals surface area contributed by atoms with Crippen LogP contribution in [0.4, 0.5) is 5.82 Å². The lowest BCUT2D eigenvalue weighted by Gasteiger charge is -2.03. The van der Waals surface area contributed by atoms with Crippen molar-refractivity contribution in [3.05, 3.63) is 36.0 Å². The van der Waals surface area contributed by atoms with Crippen molar-refractivity contribution >= 4 is 17.7 Å². The van der Waals surface area contributed by atoms with E-state index in [2.05, 4.69) is 10.5 Å². The van der Waals surface area contributed by atoms with Gasteiger partial charge in [0, 0.05) is 12.5 Å². The molecule has 0 spiro atoms. The molecule has 2 aromatic heterocycles. The minimum absolute atomic E-state index is 0.157. The lowest BCUT2D eigenvalue weighted by molar-refractivity contribution is -0.147. The second-order valence-electron chi connectivity index (χ2n) is 4.11. The maximum absolute atomic E-state index is 11.5. The zero-order valence-corrected chi connectivity index (χ0v) is 10.9. The average molecular weight is 278 g/mol. The molecular weight excluding hydrogens is 264 g/mol. The van der Waals surface area contributed by atoms with Crippen molar-refractivity contribution < 1.29 is 23.3 Å².